The van der Waals surface area contributed by atoms with Crippen molar-refractivity contribution in [2.75, 3.05) is 19.7 Å². The Bertz CT molecular complexity index is 707. The third kappa shape index (κ3) is 3.61. The van der Waals surface area contributed by atoms with Crippen molar-refractivity contribution >= 4 is 33.6 Å². The first-order valence-electron chi connectivity index (χ1n) is 7.73. The van der Waals surface area contributed by atoms with Gasteiger partial charge in [-0.15, -0.1) is 11.3 Å². The lowest BCUT2D eigenvalue weighted by molar-refractivity contribution is 0.0860. The molecular weight excluding hydrogens is 314 g/mol. The average molecular weight is 333 g/mol. The maximum absolute atomic E-state index is 12.4. The normalized spacial score (nSPS) is 15.6. The quantitative estimate of drug-likeness (QED) is 0.937. The first-order valence-corrected chi connectivity index (χ1v) is 8.61. The zero-order valence-corrected chi connectivity index (χ0v) is 13.8. The summed E-state index contributed by atoms with van der Waals surface area (Å²) in [5.74, 6) is -0.0742. The zero-order chi connectivity index (χ0) is 16.2. The topological polar surface area (TPSA) is 71.5 Å². The van der Waals surface area contributed by atoms with Crippen LogP contribution in [-0.4, -0.2) is 47.6 Å². The Labute approximate surface area is 138 Å². The molecule has 0 saturated carbocycles. The van der Waals surface area contributed by atoms with Gasteiger partial charge in [-0.1, -0.05) is 0 Å². The summed E-state index contributed by atoms with van der Waals surface area (Å²) in [6, 6.07) is 5.62. The number of carbonyl (C=O) groups excluding carboxylic acids is 2. The van der Waals surface area contributed by atoms with Crippen LogP contribution in [0.15, 0.2) is 23.7 Å². The summed E-state index contributed by atoms with van der Waals surface area (Å²) in [6.45, 7) is 3.40. The lowest BCUT2D eigenvalue weighted by Crippen LogP contribution is -2.46. The largest absolute Gasteiger partial charge is 0.450 e. The lowest BCUT2D eigenvalue weighted by atomic mass is 10.0. The minimum absolute atomic E-state index is 0.0742. The number of hydrogen-bond acceptors (Lipinski definition) is 5. The van der Waals surface area contributed by atoms with Crippen LogP contribution in [0.3, 0.4) is 0 Å². The highest BCUT2D eigenvalue weighted by molar-refractivity contribution is 7.16. The number of piperidine rings is 1. The smallest absolute Gasteiger partial charge is 0.409 e. The van der Waals surface area contributed by atoms with Crippen LogP contribution in [0.2, 0.25) is 0 Å². The van der Waals surface area contributed by atoms with Crippen molar-refractivity contribution in [1.29, 1.82) is 0 Å². The summed E-state index contributed by atoms with van der Waals surface area (Å²) < 4.78 is 6.00. The third-order valence-electron chi connectivity index (χ3n) is 3.95. The molecule has 0 spiro atoms. The van der Waals surface area contributed by atoms with Gasteiger partial charge in [-0.25, -0.2) is 9.78 Å². The fourth-order valence-corrected chi connectivity index (χ4v) is 3.40. The Hall–Kier alpha value is -2.15. The molecule has 23 heavy (non-hydrogen) atoms. The van der Waals surface area contributed by atoms with Crippen LogP contribution in [-0.2, 0) is 4.74 Å². The predicted octanol–water partition coefficient (Wildman–Crippen LogP) is 2.65. The molecule has 0 unspecified atom stereocenters. The number of carbonyl (C=O) groups is 2. The van der Waals surface area contributed by atoms with E-state index in [0.717, 1.165) is 23.1 Å². The Morgan fingerprint density at radius 2 is 2.17 bits per heavy atom. The van der Waals surface area contributed by atoms with Crippen molar-refractivity contribution in [3.63, 3.8) is 0 Å². The molecule has 1 aliphatic heterocycles. The van der Waals surface area contributed by atoms with E-state index in [1.165, 1.54) is 11.3 Å². The van der Waals surface area contributed by atoms with Gasteiger partial charge in [0.25, 0.3) is 5.91 Å². The maximum atomic E-state index is 12.4. The second-order valence-corrected chi connectivity index (χ2v) is 6.35. The number of ether oxygens (including phenoxy) is 1. The Kier molecular flexibility index (Phi) is 4.76. The van der Waals surface area contributed by atoms with Gasteiger partial charge in [0.15, 0.2) is 0 Å². The third-order valence-corrected chi connectivity index (χ3v) is 4.74. The highest BCUT2D eigenvalue weighted by Crippen LogP contribution is 2.19. The molecular formula is C16H19N3O3S. The summed E-state index contributed by atoms with van der Waals surface area (Å²) >= 11 is 1.52. The Morgan fingerprint density at radius 3 is 2.91 bits per heavy atom. The first-order chi connectivity index (χ1) is 11.2. The highest BCUT2D eigenvalue weighted by atomic mass is 32.1. The fraction of sp³-hybridized carbons (Fsp3) is 0.438. The van der Waals surface area contributed by atoms with Gasteiger partial charge in [0.05, 0.1) is 22.3 Å². The molecule has 1 aromatic heterocycles. The van der Waals surface area contributed by atoms with E-state index in [1.807, 2.05) is 12.1 Å². The number of nitrogens with one attached hydrogen (secondary N) is 1. The maximum Gasteiger partial charge on any atom is 0.409 e. The van der Waals surface area contributed by atoms with Crippen molar-refractivity contribution in [3.8, 4) is 0 Å². The number of thiazole rings is 1. The van der Waals surface area contributed by atoms with Crippen LogP contribution in [0.25, 0.3) is 10.2 Å². The van der Waals surface area contributed by atoms with Crippen LogP contribution in [0.1, 0.15) is 30.1 Å². The number of benzene rings is 1. The minimum atomic E-state index is -0.270. The van der Waals surface area contributed by atoms with Gasteiger partial charge in [-0.2, -0.15) is 0 Å². The molecule has 1 N–H and O–H groups in total. The molecule has 1 saturated heterocycles. The molecule has 0 radical (unpaired) electrons. The lowest BCUT2D eigenvalue weighted by Gasteiger charge is -2.31. The van der Waals surface area contributed by atoms with E-state index in [4.69, 9.17) is 4.74 Å². The number of nitrogens with zero attached hydrogens (tertiary/aromatic N) is 2. The van der Waals surface area contributed by atoms with E-state index in [2.05, 4.69) is 10.3 Å². The summed E-state index contributed by atoms with van der Waals surface area (Å²) in [5.41, 5.74) is 3.33. The minimum Gasteiger partial charge on any atom is -0.450 e. The van der Waals surface area contributed by atoms with Gasteiger partial charge in [0, 0.05) is 24.7 Å². The van der Waals surface area contributed by atoms with Gasteiger partial charge in [0.2, 0.25) is 0 Å². The summed E-state index contributed by atoms with van der Waals surface area (Å²) in [4.78, 5) is 29.9. The molecule has 6 nitrogen and oxygen atoms in total. The molecule has 1 fully saturated rings. The van der Waals surface area contributed by atoms with E-state index in [0.29, 0.717) is 25.3 Å². The number of rotatable bonds is 3. The van der Waals surface area contributed by atoms with Crippen molar-refractivity contribution in [2.24, 2.45) is 0 Å². The molecule has 3 rings (SSSR count). The first kappa shape index (κ1) is 15.7. The number of aromatic nitrogens is 1. The number of amides is 2. The van der Waals surface area contributed by atoms with E-state index in [-0.39, 0.29) is 18.0 Å². The van der Waals surface area contributed by atoms with Crippen LogP contribution in [0.5, 0.6) is 0 Å². The second-order valence-electron chi connectivity index (χ2n) is 5.47. The number of likely N-dealkylation sites (tertiary alicyclic amines) is 1. The van der Waals surface area contributed by atoms with Gasteiger partial charge in [-0.3, -0.25) is 4.79 Å². The van der Waals surface area contributed by atoms with Crippen molar-refractivity contribution in [3.05, 3.63) is 29.3 Å². The summed E-state index contributed by atoms with van der Waals surface area (Å²) in [7, 11) is 0. The standard InChI is InChI=1S/C16H19N3O3S/c1-2-22-16(21)19-7-5-12(6-8-19)18-15(20)11-3-4-13-14(9-11)23-10-17-13/h3-4,9-10,12H,2,5-8H2,1H3,(H,18,20). The van der Waals surface area contributed by atoms with Gasteiger partial charge < -0.3 is 15.0 Å². The molecule has 1 aliphatic rings. The summed E-state index contributed by atoms with van der Waals surface area (Å²) in [5, 5.41) is 3.05. The van der Waals surface area contributed by atoms with Crippen molar-refractivity contribution < 1.29 is 14.3 Å². The molecule has 2 amide bonds. The van der Waals surface area contributed by atoms with Crippen LogP contribution >= 0.6 is 11.3 Å². The van der Waals surface area contributed by atoms with E-state index < -0.39 is 0 Å². The van der Waals surface area contributed by atoms with Crippen LogP contribution in [0, 0.1) is 0 Å². The molecule has 2 heterocycles. The second kappa shape index (κ2) is 6.95. The van der Waals surface area contributed by atoms with Crippen LogP contribution < -0.4 is 5.32 Å². The zero-order valence-electron chi connectivity index (χ0n) is 12.9. The Balaban J connectivity index is 1.55. The fourth-order valence-electron chi connectivity index (χ4n) is 2.69. The average Bonchev–Trinajstić information content (AvgIpc) is 3.03. The predicted molar refractivity (Wildman–Crippen MR) is 88.7 cm³/mol. The molecule has 7 heteroatoms. The van der Waals surface area contributed by atoms with Gasteiger partial charge in [-0.05, 0) is 38.0 Å². The van der Waals surface area contributed by atoms with E-state index >= 15 is 0 Å². The molecule has 122 valence electrons. The van der Waals surface area contributed by atoms with Crippen molar-refractivity contribution in [2.45, 2.75) is 25.8 Å². The molecule has 2 aromatic rings. The molecule has 0 bridgehead atoms. The Morgan fingerprint density at radius 1 is 1.39 bits per heavy atom. The highest BCUT2D eigenvalue weighted by Gasteiger charge is 2.24. The monoisotopic (exact) mass is 333 g/mol. The summed E-state index contributed by atoms with van der Waals surface area (Å²) in [6.07, 6.45) is 1.22. The number of hydrogen-bond donors (Lipinski definition) is 1. The van der Waals surface area contributed by atoms with Gasteiger partial charge >= 0.3 is 6.09 Å². The molecule has 0 aliphatic carbocycles. The van der Waals surface area contributed by atoms with E-state index in [1.54, 1.807) is 23.4 Å². The van der Waals surface area contributed by atoms with E-state index in [9.17, 15) is 9.59 Å². The molecule has 0 atom stereocenters. The van der Waals surface area contributed by atoms with Crippen molar-refractivity contribution in [1.82, 2.24) is 15.2 Å². The van der Waals surface area contributed by atoms with Crippen LogP contribution in [0.4, 0.5) is 4.79 Å². The number of fused-ring (bicyclic) bond motifs is 1. The SMILES string of the molecule is CCOC(=O)N1CCC(NC(=O)c2ccc3ncsc3c2)CC1. The van der Waals surface area contributed by atoms with Gasteiger partial charge in [0.1, 0.15) is 0 Å². The molecule has 1 aromatic carbocycles.